The Bertz CT molecular complexity index is 749. The molecule has 1 aliphatic heterocycles. The number of carbonyl (C=O) groups excluding carboxylic acids is 2. The molecule has 0 radical (unpaired) electrons. The van der Waals surface area contributed by atoms with Crippen LogP contribution in [0.3, 0.4) is 0 Å². The zero-order valence-corrected chi connectivity index (χ0v) is 29.8. The summed E-state index contributed by atoms with van der Waals surface area (Å²) in [5.41, 5.74) is 0. The van der Waals surface area contributed by atoms with Gasteiger partial charge in [0.25, 0.3) is 0 Å². The molecule has 0 bridgehead atoms. The van der Waals surface area contributed by atoms with E-state index in [1.807, 2.05) is 0 Å². The van der Waals surface area contributed by atoms with Crippen molar-refractivity contribution in [3.63, 3.8) is 0 Å². The lowest BCUT2D eigenvalue weighted by molar-refractivity contribution is -0.305. The first-order valence-corrected chi connectivity index (χ1v) is 19.1. The van der Waals surface area contributed by atoms with Crippen molar-refractivity contribution in [3.8, 4) is 0 Å². The van der Waals surface area contributed by atoms with E-state index in [0.717, 1.165) is 38.5 Å². The summed E-state index contributed by atoms with van der Waals surface area (Å²) in [5.74, 6) is -0.801. The largest absolute Gasteiger partial charge is 0.462 e. The van der Waals surface area contributed by atoms with Crippen LogP contribution >= 0.6 is 0 Å². The molecule has 1 fully saturated rings. The number of aliphatic hydroxyl groups excluding tert-OH is 4. The van der Waals surface area contributed by atoms with Crippen molar-refractivity contribution in [2.45, 2.75) is 205 Å². The third-order valence-electron chi connectivity index (χ3n) is 8.99. The number of aliphatic hydroxyl groups is 4. The van der Waals surface area contributed by atoms with E-state index in [0.29, 0.717) is 6.42 Å². The summed E-state index contributed by atoms with van der Waals surface area (Å²) in [6, 6.07) is 0. The summed E-state index contributed by atoms with van der Waals surface area (Å²) < 4.78 is 22.0. The van der Waals surface area contributed by atoms with E-state index in [2.05, 4.69) is 13.8 Å². The van der Waals surface area contributed by atoms with Gasteiger partial charge in [0.2, 0.25) is 0 Å². The molecular weight excluding hydrogens is 604 g/mol. The maximum absolute atomic E-state index is 12.6. The fourth-order valence-electron chi connectivity index (χ4n) is 5.89. The first kappa shape index (κ1) is 43.7. The number of hydrogen-bond donors (Lipinski definition) is 4. The van der Waals surface area contributed by atoms with Crippen molar-refractivity contribution in [1.29, 1.82) is 0 Å². The molecule has 0 aromatic rings. The predicted molar refractivity (Wildman–Crippen MR) is 183 cm³/mol. The molecule has 0 spiro atoms. The zero-order valence-electron chi connectivity index (χ0n) is 29.8. The van der Waals surface area contributed by atoms with Gasteiger partial charge in [0.1, 0.15) is 31.0 Å². The average Bonchev–Trinajstić information content (AvgIpc) is 3.06. The molecule has 0 aromatic heterocycles. The summed E-state index contributed by atoms with van der Waals surface area (Å²) in [4.78, 5) is 25.1. The second-order valence-electron chi connectivity index (χ2n) is 13.4. The molecule has 0 amide bonds. The Hall–Kier alpha value is -1.30. The first-order valence-electron chi connectivity index (χ1n) is 19.1. The number of rotatable bonds is 31. The second kappa shape index (κ2) is 29.6. The van der Waals surface area contributed by atoms with E-state index in [9.17, 15) is 30.0 Å². The lowest BCUT2D eigenvalue weighted by Crippen LogP contribution is -2.59. The molecule has 2 unspecified atom stereocenters. The van der Waals surface area contributed by atoms with E-state index in [4.69, 9.17) is 18.9 Å². The van der Waals surface area contributed by atoms with Gasteiger partial charge in [0, 0.05) is 12.8 Å². The molecule has 1 saturated heterocycles. The quantitative estimate of drug-likeness (QED) is 0.0464. The van der Waals surface area contributed by atoms with Crippen LogP contribution in [0, 0.1) is 0 Å². The molecule has 0 aromatic carbocycles. The number of hydrogen-bond acceptors (Lipinski definition) is 10. The van der Waals surface area contributed by atoms with Gasteiger partial charge in [0.05, 0.1) is 13.2 Å². The second-order valence-corrected chi connectivity index (χ2v) is 13.4. The van der Waals surface area contributed by atoms with Gasteiger partial charge in [-0.25, -0.2) is 0 Å². The van der Waals surface area contributed by atoms with E-state index < -0.39 is 49.4 Å². The minimum atomic E-state index is -1.59. The smallest absolute Gasteiger partial charge is 0.306 e. The highest BCUT2D eigenvalue weighted by molar-refractivity contribution is 5.70. The van der Waals surface area contributed by atoms with Gasteiger partial charge in [-0.1, -0.05) is 142 Å². The van der Waals surface area contributed by atoms with E-state index in [-0.39, 0.29) is 32.0 Å². The minimum absolute atomic E-state index is 0.210. The Morgan fingerprint density at radius 3 is 1.45 bits per heavy atom. The third-order valence-corrected chi connectivity index (χ3v) is 8.99. The van der Waals surface area contributed by atoms with Crippen molar-refractivity contribution < 1.29 is 49.0 Å². The fourth-order valence-corrected chi connectivity index (χ4v) is 5.89. The van der Waals surface area contributed by atoms with Crippen LogP contribution in [-0.2, 0) is 28.5 Å². The Labute approximate surface area is 285 Å². The molecule has 47 heavy (non-hydrogen) atoms. The van der Waals surface area contributed by atoms with Crippen LogP contribution in [0.25, 0.3) is 0 Å². The van der Waals surface area contributed by atoms with Gasteiger partial charge >= 0.3 is 11.9 Å². The number of esters is 2. The zero-order chi connectivity index (χ0) is 34.5. The first-order chi connectivity index (χ1) is 22.8. The Morgan fingerprint density at radius 1 is 0.574 bits per heavy atom. The number of carbonyl (C=O) groups is 2. The average molecular weight is 675 g/mol. The third kappa shape index (κ3) is 22.1. The van der Waals surface area contributed by atoms with Crippen LogP contribution in [0.2, 0.25) is 0 Å². The molecule has 1 rings (SSSR count). The van der Waals surface area contributed by atoms with Crippen molar-refractivity contribution >= 4 is 11.9 Å². The summed E-state index contributed by atoms with van der Waals surface area (Å²) in [6.45, 7) is 3.39. The lowest BCUT2D eigenvalue weighted by Gasteiger charge is -2.39. The molecule has 4 N–H and O–H groups in total. The van der Waals surface area contributed by atoms with Crippen LogP contribution in [0.1, 0.15) is 168 Å². The van der Waals surface area contributed by atoms with Crippen LogP contribution in [0.15, 0.2) is 0 Å². The van der Waals surface area contributed by atoms with Gasteiger partial charge in [-0.2, -0.15) is 0 Å². The summed E-state index contributed by atoms with van der Waals surface area (Å²) >= 11 is 0. The van der Waals surface area contributed by atoms with Crippen LogP contribution in [0.5, 0.6) is 0 Å². The van der Waals surface area contributed by atoms with Gasteiger partial charge in [-0.05, 0) is 12.8 Å². The Balaban J connectivity index is 2.40. The molecule has 0 aliphatic carbocycles. The molecule has 1 aliphatic rings. The highest BCUT2D eigenvalue weighted by Gasteiger charge is 2.44. The molecular formula is C37H70O10. The molecule has 10 nitrogen and oxygen atoms in total. The van der Waals surface area contributed by atoms with Gasteiger partial charge < -0.3 is 39.4 Å². The standard InChI is InChI=1S/C37H70O10/c1-3-5-7-9-11-13-15-16-18-19-21-23-25-32(39)44-28-30(29-45-37-36(43)35(42)34(41)31(27-38)47-37)46-33(40)26-24-22-20-17-14-12-10-8-6-4-2/h30-31,34-38,41-43H,3-29H2,1-2H3/t30-,31-,34+,35?,36?,37-/m0/s1. The molecule has 6 atom stereocenters. The van der Waals surface area contributed by atoms with Crippen LogP contribution in [0.4, 0.5) is 0 Å². The molecule has 0 saturated carbocycles. The van der Waals surface area contributed by atoms with Gasteiger partial charge in [-0.3, -0.25) is 9.59 Å². The van der Waals surface area contributed by atoms with E-state index in [1.165, 1.54) is 96.3 Å². The minimum Gasteiger partial charge on any atom is -0.462 e. The molecule has 1 heterocycles. The maximum atomic E-state index is 12.6. The van der Waals surface area contributed by atoms with Crippen molar-refractivity contribution in [2.75, 3.05) is 19.8 Å². The summed E-state index contributed by atoms with van der Waals surface area (Å²) in [7, 11) is 0. The molecule has 10 heteroatoms. The van der Waals surface area contributed by atoms with Crippen molar-refractivity contribution in [1.82, 2.24) is 0 Å². The van der Waals surface area contributed by atoms with Gasteiger partial charge in [-0.15, -0.1) is 0 Å². The fraction of sp³-hybridized carbons (Fsp3) is 0.946. The molecule has 278 valence electrons. The monoisotopic (exact) mass is 674 g/mol. The van der Waals surface area contributed by atoms with Crippen LogP contribution < -0.4 is 0 Å². The van der Waals surface area contributed by atoms with Gasteiger partial charge in [0.15, 0.2) is 12.4 Å². The van der Waals surface area contributed by atoms with Crippen molar-refractivity contribution in [2.24, 2.45) is 0 Å². The predicted octanol–water partition coefficient (Wildman–Crippen LogP) is 6.66. The summed E-state index contributed by atoms with van der Waals surface area (Å²) in [5, 5.41) is 39.8. The summed E-state index contributed by atoms with van der Waals surface area (Å²) in [6.07, 6.45) is 18.3. The van der Waals surface area contributed by atoms with E-state index in [1.54, 1.807) is 0 Å². The number of ether oxygens (including phenoxy) is 4. The van der Waals surface area contributed by atoms with Crippen molar-refractivity contribution in [3.05, 3.63) is 0 Å². The topological polar surface area (TPSA) is 152 Å². The Kier molecular flexibility index (Phi) is 27.5. The Morgan fingerprint density at radius 2 is 1.00 bits per heavy atom. The highest BCUT2D eigenvalue weighted by atomic mass is 16.7. The normalized spacial score (nSPS) is 21.9. The lowest BCUT2D eigenvalue weighted by atomic mass is 9.99. The highest BCUT2D eigenvalue weighted by Crippen LogP contribution is 2.22. The maximum Gasteiger partial charge on any atom is 0.306 e. The number of unbranched alkanes of at least 4 members (excludes halogenated alkanes) is 20. The van der Waals surface area contributed by atoms with Crippen LogP contribution in [-0.4, -0.2) is 89.0 Å². The SMILES string of the molecule is CCCCCCCCCCCCCCC(=O)OC[C@@H](CO[C@H]1O[C@@H](CO)[C@@H](O)C(O)C1O)OC(=O)CCCCCCCCCCCC. The van der Waals surface area contributed by atoms with E-state index >= 15 is 0 Å².